The average Bonchev–Trinajstić information content (AvgIpc) is 2.47. The van der Waals surface area contributed by atoms with Gasteiger partial charge in [0.1, 0.15) is 11.3 Å². The van der Waals surface area contributed by atoms with Crippen LogP contribution < -0.4 is 5.43 Å². The van der Waals surface area contributed by atoms with E-state index in [0.29, 0.717) is 10.6 Å². The maximum atomic E-state index is 11.9. The van der Waals surface area contributed by atoms with Crippen LogP contribution in [0.3, 0.4) is 0 Å². The van der Waals surface area contributed by atoms with Crippen molar-refractivity contribution in [1.29, 1.82) is 0 Å². The Morgan fingerprint density at radius 3 is 2.48 bits per heavy atom. The average molecular weight is 324 g/mol. The van der Waals surface area contributed by atoms with Crippen molar-refractivity contribution in [2.75, 3.05) is 0 Å². The lowest BCUT2D eigenvalue weighted by Crippen LogP contribution is -2.05. The second-order valence-corrected chi connectivity index (χ2v) is 6.16. The number of aromatic nitrogens is 1. The summed E-state index contributed by atoms with van der Waals surface area (Å²) in [7, 11) is 0. The molecule has 2 aromatic heterocycles. The van der Waals surface area contributed by atoms with Crippen LogP contribution in [0.25, 0.3) is 27.6 Å². The van der Waals surface area contributed by atoms with Gasteiger partial charge in [0.2, 0.25) is 0 Å². The van der Waals surface area contributed by atoms with E-state index < -0.39 is 0 Å². The van der Waals surface area contributed by atoms with Crippen LogP contribution >= 0.6 is 11.6 Å². The first-order valence-corrected chi connectivity index (χ1v) is 7.73. The summed E-state index contributed by atoms with van der Waals surface area (Å²) in [5.41, 5.74) is 3.65. The molecule has 0 N–H and O–H groups in total. The Kier molecular flexibility index (Phi) is 3.06. The first-order valence-electron chi connectivity index (χ1n) is 7.35. The molecule has 0 bridgehead atoms. The zero-order valence-corrected chi connectivity index (χ0v) is 13.5. The van der Waals surface area contributed by atoms with E-state index in [9.17, 15) is 4.79 Å². The largest absolute Gasteiger partial charge is 0.461 e. The van der Waals surface area contributed by atoms with Crippen LogP contribution in [-0.4, -0.2) is 4.57 Å². The summed E-state index contributed by atoms with van der Waals surface area (Å²) in [5, 5.41) is 2.55. The molecule has 4 rings (SSSR count). The maximum Gasteiger partial charge on any atom is 0.182 e. The van der Waals surface area contributed by atoms with Gasteiger partial charge in [0.15, 0.2) is 5.43 Å². The highest BCUT2D eigenvalue weighted by molar-refractivity contribution is 6.30. The molecule has 0 unspecified atom stereocenters. The molecule has 0 atom stereocenters. The molecular formula is C19H14ClNO2. The summed E-state index contributed by atoms with van der Waals surface area (Å²) in [6, 6.07) is 14.9. The van der Waals surface area contributed by atoms with Crippen molar-refractivity contribution < 1.29 is 4.42 Å². The van der Waals surface area contributed by atoms with E-state index in [0.717, 1.165) is 33.4 Å². The minimum Gasteiger partial charge on any atom is -0.461 e. The van der Waals surface area contributed by atoms with Gasteiger partial charge in [-0.2, -0.15) is 0 Å². The molecular weight excluding hydrogens is 310 g/mol. The molecule has 0 aliphatic rings. The normalized spacial score (nSPS) is 11.4. The Morgan fingerprint density at radius 2 is 1.74 bits per heavy atom. The maximum absolute atomic E-state index is 11.9. The van der Waals surface area contributed by atoms with Crippen LogP contribution in [0.15, 0.2) is 57.7 Å². The van der Waals surface area contributed by atoms with Crippen LogP contribution in [0.4, 0.5) is 0 Å². The first-order chi connectivity index (χ1) is 11.0. The Labute approximate surface area is 137 Å². The molecule has 0 radical (unpaired) electrons. The third kappa shape index (κ3) is 2.25. The highest BCUT2D eigenvalue weighted by atomic mass is 35.5. The molecule has 114 valence electrons. The van der Waals surface area contributed by atoms with Crippen molar-refractivity contribution in [3.05, 3.63) is 75.2 Å². The van der Waals surface area contributed by atoms with Gasteiger partial charge in [-0.3, -0.25) is 4.79 Å². The SMILES string of the molecule is Cc1cc2c3c(cc(C)n2-c2ccc(Cl)cc2)cc(=O)cc3o1. The van der Waals surface area contributed by atoms with E-state index in [2.05, 4.69) is 4.57 Å². The number of halogens is 1. The Balaban J connectivity index is 2.21. The predicted octanol–water partition coefficient (Wildman–Crippen LogP) is 5.01. The topological polar surface area (TPSA) is 35.1 Å². The molecule has 0 fully saturated rings. The van der Waals surface area contributed by atoms with Crippen LogP contribution in [0.2, 0.25) is 5.02 Å². The van der Waals surface area contributed by atoms with Crippen LogP contribution in [0.1, 0.15) is 11.5 Å². The molecule has 2 aromatic carbocycles. The fourth-order valence-corrected chi connectivity index (χ4v) is 3.26. The van der Waals surface area contributed by atoms with E-state index in [1.807, 2.05) is 50.2 Å². The van der Waals surface area contributed by atoms with Gasteiger partial charge in [-0.05, 0) is 55.6 Å². The summed E-state index contributed by atoms with van der Waals surface area (Å²) in [6.07, 6.45) is 0. The standard InChI is InChI=1S/C19H14ClNO2/c1-11-7-13-9-16(22)10-18-19(13)17(8-12(2)23-18)21(11)15-5-3-14(20)4-6-15/h3-10H,1-2H3. The van der Waals surface area contributed by atoms with E-state index in [4.69, 9.17) is 16.0 Å². The molecule has 23 heavy (non-hydrogen) atoms. The molecule has 0 saturated carbocycles. The fourth-order valence-electron chi connectivity index (χ4n) is 3.14. The number of pyridine rings is 1. The smallest absolute Gasteiger partial charge is 0.182 e. The molecule has 2 heterocycles. The lowest BCUT2D eigenvalue weighted by atomic mass is 10.1. The van der Waals surface area contributed by atoms with Crippen molar-refractivity contribution in [1.82, 2.24) is 4.57 Å². The quantitative estimate of drug-likeness (QED) is 0.493. The van der Waals surface area contributed by atoms with Gasteiger partial charge in [0.25, 0.3) is 0 Å². The van der Waals surface area contributed by atoms with Crippen molar-refractivity contribution in [2.24, 2.45) is 0 Å². The number of hydrogen-bond donors (Lipinski definition) is 0. The van der Waals surface area contributed by atoms with Gasteiger partial charge < -0.3 is 8.98 Å². The van der Waals surface area contributed by atoms with Gasteiger partial charge in [-0.25, -0.2) is 0 Å². The van der Waals surface area contributed by atoms with Crippen molar-refractivity contribution in [3.8, 4) is 5.69 Å². The third-order valence-electron chi connectivity index (χ3n) is 4.02. The zero-order valence-electron chi connectivity index (χ0n) is 12.8. The van der Waals surface area contributed by atoms with Crippen molar-refractivity contribution in [3.63, 3.8) is 0 Å². The van der Waals surface area contributed by atoms with E-state index >= 15 is 0 Å². The second-order valence-electron chi connectivity index (χ2n) is 5.73. The van der Waals surface area contributed by atoms with Crippen LogP contribution in [-0.2, 0) is 0 Å². The summed E-state index contributed by atoms with van der Waals surface area (Å²) in [4.78, 5) is 11.9. The highest BCUT2D eigenvalue weighted by Crippen LogP contribution is 2.30. The number of aryl methyl sites for hydroxylation is 2. The lowest BCUT2D eigenvalue weighted by molar-refractivity contribution is 0.567. The highest BCUT2D eigenvalue weighted by Gasteiger charge is 2.13. The summed E-state index contributed by atoms with van der Waals surface area (Å²) in [6.45, 7) is 3.92. The van der Waals surface area contributed by atoms with E-state index in [-0.39, 0.29) is 5.43 Å². The fraction of sp³-hybridized carbons (Fsp3) is 0.105. The minimum atomic E-state index is -0.0446. The van der Waals surface area contributed by atoms with Gasteiger partial charge in [0.05, 0.1) is 5.52 Å². The Hall–Kier alpha value is -2.52. The lowest BCUT2D eigenvalue weighted by Gasteiger charge is -2.17. The number of hydrogen-bond acceptors (Lipinski definition) is 2. The molecule has 0 saturated heterocycles. The summed E-state index contributed by atoms with van der Waals surface area (Å²) in [5.74, 6) is 0.762. The predicted molar refractivity (Wildman–Crippen MR) is 93.8 cm³/mol. The van der Waals surface area contributed by atoms with Crippen molar-refractivity contribution >= 4 is 33.5 Å². The molecule has 3 nitrogen and oxygen atoms in total. The Morgan fingerprint density at radius 1 is 1.00 bits per heavy atom. The first kappa shape index (κ1) is 14.1. The number of nitrogens with zero attached hydrogens (tertiary/aromatic N) is 1. The molecule has 4 heteroatoms. The van der Waals surface area contributed by atoms with E-state index in [1.165, 1.54) is 0 Å². The second kappa shape index (κ2) is 5.00. The molecule has 0 spiro atoms. The van der Waals surface area contributed by atoms with Crippen LogP contribution in [0.5, 0.6) is 0 Å². The molecule has 0 aliphatic heterocycles. The van der Waals surface area contributed by atoms with Gasteiger partial charge in [-0.15, -0.1) is 0 Å². The van der Waals surface area contributed by atoms with Gasteiger partial charge in [0, 0.05) is 33.9 Å². The number of benzene rings is 2. The Bertz CT molecular complexity index is 1080. The molecule has 4 aromatic rings. The van der Waals surface area contributed by atoms with Gasteiger partial charge >= 0.3 is 0 Å². The summed E-state index contributed by atoms with van der Waals surface area (Å²) < 4.78 is 7.91. The van der Waals surface area contributed by atoms with Gasteiger partial charge in [-0.1, -0.05) is 11.6 Å². The summed E-state index contributed by atoms with van der Waals surface area (Å²) >= 11 is 6.01. The number of rotatable bonds is 1. The van der Waals surface area contributed by atoms with E-state index in [1.54, 1.807) is 12.1 Å². The molecule has 0 aliphatic carbocycles. The third-order valence-corrected chi connectivity index (χ3v) is 4.27. The molecule has 0 amide bonds. The zero-order chi connectivity index (χ0) is 16.1. The van der Waals surface area contributed by atoms with Crippen molar-refractivity contribution in [2.45, 2.75) is 13.8 Å². The minimum absolute atomic E-state index is 0.0446. The van der Waals surface area contributed by atoms with Crippen LogP contribution in [0, 0.1) is 13.8 Å². The monoisotopic (exact) mass is 323 g/mol.